The molecule has 0 bridgehead atoms. The van der Waals surface area contributed by atoms with Crippen molar-refractivity contribution >= 4 is 11.9 Å². The number of nitrogens with one attached hydrogen (secondary N) is 1. The average Bonchev–Trinajstić information content (AvgIpc) is 1.94. The fourth-order valence-electron chi connectivity index (χ4n) is 1.23. The van der Waals surface area contributed by atoms with E-state index in [9.17, 15) is 9.59 Å². The fraction of sp³-hybridized carbons (Fsp3) is 0.714. The number of rotatable bonds is 2. The molecule has 0 aliphatic carbocycles. The second-order valence-electron chi connectivity index (χ2n) is 2.97. The van der Waals surface area contributed by atoms with Crippen molar-refractivity contribution in [3.05, 3.63) is 0 Å². The molecule has 1 fully saturated rings. The van der Waals surface area contributed by atoms with Crippen LogP contribution in [0.3, 0.4) is 0 Å². The highest BCUT2D eigenvalue weighted by Crippen LogP contribution is 2.04. The molecular formula is C7H12N2O3. The van der Waals surface area contributed by atoms with E-state index in [1.165, 1.54) is 0 Å². The van der Waals surface area contributed by atoms with Gasteiger partial charge in [0.1, 0.15) is 0 Å². The molecular weight excluding hydrogens is 160 g/mol. The second kappa shape index (κ2) is 3.53. The number of carbonyl (C=O) groups is 2. The number of amides is 1. The Hall–Kier alpha value is -1.10. The summed E-state index contributed by atoms with van der Waals surface area (Å²) in [6.45, 7) is 0.722. The number of hydrogen-bond acceptors (Lipinski definition) is 3. The minimum atomic E-state index is -0.831. The van der Waals surface area contributed by atoms with Gasteiger partial charge in [-0.15, -0.1) is 0 Å². The smallest absolute Gasteiger partial charge is 0.305 e. The van der Waals surface area contributed by atoms with Gasteiger partial charge in [-0.2, -0.15) is 0 Å². The predicted octanol–water partition coefficient (Wildman–Crippen LogP) is -1.11. The predicted molar refractivity (Wildman–Crippen MR) is 41.7 cm³/mol. The van der Waals surface area contributed by atoms with Crippen LogP contribution in [0.25, 0.3) is 0 Å². The summed E-state index contributed by atoms with van der Waals surface area (Å²) in [5.74, 6) is -0.873. The van der Waals surface area contributed by atoms with Crippen LogP contribution in [0, 0.1) is 0 Å². The van der Waals surface area contributed by atoms with E-state index in [0.29, 0.717) is 6.54 Å². The van der Waals surface area contributed by atoms with Crippen molar-refractivity contribution < 1.29 is 14.7 Å². The van der Waals surface area contributed by atoms with Crippen LogP contribution in [0.5, 0.6) is 0 Å². The molecule has 1 aliphatic heterocycles. The van der Waals surface area contributed by atoms with Gasteiger partial charge in [-0.1, -0.05) is 0 Å². The maximum Gasteiger partial charge on any atom is 0.305 e. The number of hydrogen-bond donors (Lipinski definition) is 2. The van der Waals surface area contributed by atoms with Crippen molar-refractivity contribution in [2.24, 2.45) is 0 Å². The first-order valence-electron chi connectivity index (χ1n) is 3.78. The Morgan fingerprint density at radius 2 is 2.50 bits per heavy atom. The zero-order chi connectivity index (χ0) is 9.14. The lowest BCUT2D eigenvalue weighted by Gasteiger charge is -2.31. The normalized spacial score (nSPS) is 25.1. The molecule has 0 aromatic rings. The lowest BCUT2D eigenvalue weighted by molar-refractivity contribution is -0.139. The number of likely N-dealkylation sites (N-methyl/N-ethyl adjacent to an activating group) is 1. The van der Waals surface area contributed by atoms with E-state index >= 15 is 0 Å². The molecule has 0 aromatic carbocycles. The Labute approximate surface area is 70.4 Å². The molecule has 1 atom stereocenters. The van der Waals surface area contributed by atoms with Crippen molar-refractivity contribution in [2.45, 2.75) is 12.5 Å². The molecule has 2 N–H and O–H groups in total. The molecule has 5 nitrogen and oxygen atoms in total. The van der Waals surface area contributed by atoms with Crippen LogP contribution >= 0.6 is 0 Å². The summed E-state index contributed by atoms with van der Waals surface area (Å²) in [7, 11) is 1.76. The average molecular weight is 172 g/mol. The highest BCUT2D eigenvalue weighted by Gasteiger charge is 2.24. The van der Waals surface area contributed by atoms with E-state index in [1.807, 2.05) is 0 Å². The number of nitrogens with zero attached hydrogens (tertiary/aromatic N) is 1. The maximum absolute atomic E-state index is 10.8. The molecule has 0 saturated carbocycles. The Balaban J connectivity index is 2.45. The first-order valence-corrected chi connectivity index (χ1v) is 3.78. The van der Waals surface area contributed by atoms with Gasteiger partial charge in [0.2, 0.25) is 5.91 Å². The molecule has 5 heteroatoms. The molecule has 68 valence electrons. The fourth-order valence-corrected chi connectivity index (χ4v) is 1.23. The standard InChI is InChI=1S/C7H12N2O3/c1-9-4-6(10)8-3-5(9)2-7(11)12/h5H,2-4H2,1H3,(H,8,10)(H,11,12). The van der Waals surface area contributed by atoms with Gasteiger partial charge in [-0.05, 0) is 7.05 Å². The number of carboxylic acid groups (broad SMARTS) is 1. The largest absolute Gasteiger partial charge is 0.481 e. The third kappa shape index (κ3) is 2.20. The molecule has 1 saturated heterocycles. The number of piperazine rings is 1. The summed E-state index contributed by atoms with van der Waals surface area (Å²) in [6.07, 6.45) is 0.0801. The van der Waals surface area contributed by atoms with E-state index in [1.54, 1.807) is 11.9 Å². The monoisotopic (exact) mass is 172 g/mol. The van der Waals surface area contributed by atoms with Gasteiger partial charge >= 0.3 is 5.97 Å². The maximum atomic E-state index is 10.8. The quantitative estimate of drug-likeness (QED) is 0.554. The molecule has 1 amide bonds. The van der Waals surface area contributed by atoms with Crippen LogP contribution < -0.4 is 5.32 Å². The van der Waals surface area contributed by atoms with Gasteiger partial charge in [0, 0.05) is 12.6 Å². The van der Waals surface area contributed by atoms with Crippen LogP contribution in [-0.4, -0.2) is 48.1 Å². The van der Waals surface area contributed by atoms with Crippen LogP contribution in [0.1, 0.15) is 6.42 Å². The Kier molecular flexibility index (Phi) is 2.65. The Morgan fingerprint density at radius 3 is 3.00 bits per heavy atom. The highest BCUT2D eigenvalue weighted by molar-refractivity contribution is 5.79. The number of carboxylic acids is 1. The highest BCUT2D eigenvalue weighted by atomic mass is 16.4. The Morgan fingerprint density at radius 1 is 1.83 bits per heavy atom. The minimum absolute atomic E-state index is 0.0425. The SMILES string of the molecule is CN1CC(=O)NCC1CC(=O)O. The number of carbonyl (C=O) groups excluding carboxylic acids is 1. The minimum Gasteiger partial charge on any atom is -0.481 e. The lowest BCUT2D eigenvalue weighted by Crippen LogP contribution is -2.53. The zero-order valence-electron chi connectivity index (χ0n) is 6.91. The van der Waals surface area contributed by atoms with E-state index < -0.39 is 5.97 Å². The van der Waals surface area contributed by atoms with Crippen LogP contribution in [0.2, 0.25) is 0 Å². The van der Waals surface area contributed by atoms with E-state index in [2.05, 4.69) is 5.32 Å². The van der Waals surface area contributed by atoms with E-state index in [4.69, 9.17) is 5.11 Å². The van der Waals surface area contributed by atoms with Crippen molar-refractivity contribution in [1.29, 1.82) is 0 Å². The molecule has 0 spiro atoms. The lowest BCUT2D eigenvalue weighted by atomic mass is 10.1. The zero-order valence-corrected chi connectivity index (χ0v) is 6.91. The first kappa shape index (κ1) is 8.99. The second-order valence-corrected chi connectivity index (χ2v) is 2.97. The summed E-state index contributed by atoms with van der Waals surface area (Å²) >= 11 is 0. The topological polar surface area (TPSA) is 69.6 Å². The van der Waals surface area contributed by atoms with Crippen molar-refractivity contribution in [3.63, 3.8) is 0 Å². The molecule has 1 heterocycles. The number of aliphatic carboxylic acids is 1. The van der Waals surface area contributed by atoms with Gasteiger partial charge < -0.3 is 10.4 Å². The van der Waals surface area contributed by atoms with Gasteiger partial charge in [-0.25, -0.2) is 0 Å². The van der Waals surface area contributed by atoms with Gasteiger partial charge in [0.25, 0.3) is 0 Å². The molecule has 1 aliphatic rings. The van der Waals surface area contributed by atoms with Crippen LogP contribution in [0.15, 0.2) is 0 Å². The van der Waals surface area contributed by atoms with Crippen molar-refractivity contribution in [1.82, 2.24) is 10.2 Å². The van der Waals surface area contributed by atoms with Gasteiger partial charge in [0.15, 0.2) is 0 Å². The summed E-state index contributed by atoms with van der Waals surface area (Å²) in [4.78, 5) is 22.9. The summed E-state index contributed by atoms with van der Waals surface area (Å²) in [5.41, 5.74) is 0. The Bertz CT molecular complexity index is 205. The van der Waals surface area contributed by atoms with Gasteiger partial charge in [0.05, 0.1) is 13.0 Å². The summed E-state index contributed by atoms with van der Waals surface area (Å²) in [6, 6.07) is -0.0693. The summed E-state index contributed by atoms with van der Waals surface area (Å²) < 4.78 is 0. The van der Waals surface area contributed by atoms with Crippen LogP contribution in [0.4, 0.5) is 0 Å². The molecule has 0 radical (unpaired) electrons. The van der Waals surface area contributed by atoms with Crippen molar-refractivity contribution in [3.8, 4) is 0 Å². The molecule has 0 aromatic heterocycles. The van der Waals surface area contributed by atoms with E-state index in [0.717, 1.165) is 0 Å². The summed E-state index contributed by atoms with van der Waals surface area (Å²) in [5, 5.41) is 11.1. The molecule has 12 heavy (non-hydrogen) atoms. The third-order valence-electron chi connectivity index (χ3n) is 1.96. The third-order valence-corrected chi connectivity index (χ3v) is 1.96. The first-order chi connectivity index (χ1) is 5.59. The molecule has 1 unspecified atom stereocenters. The van der Waals surface area contributed by atoms with Gasteiger partial charge in [-0.3, -0.25) is 14.5 Å². The van der Waals surface area contributed by atoms with Crippen LogP contribution in [-0.2, 0) is 9.59 Å². The van der Waals surface area contributed by atoms with E-state index in [-0.39, 0.29) is 24.9 Å². The molecule has 1 rings (SSSR count). The van der Waals surface area contributed by atoms with Crippen molar-refractivity contribution in [2.75, 3.05) is 20.1 Å².